The second-order valence-electron chi connectivity index (χ2n) is 4.09. The van der Waals surface area contributed by atoms with E-state index < -0.39 is 6.10 Å². The van der Waals surface area contributed by atoms with E-state index in [4.69, 9.17) is 0 Å². The van der Waals surface area contributed by atoms with Gasteiger partial charge < -0.3 is 10.0 Å². The van der Waals surface area contributed by atoms with Gasteiger partial charge in [-0.1, -0.05) is 12.1 Å². The summed E-state index contributed by atoms with van der Waals surface area (Å²) < 4.78 is 12.6. The van der Waals surface area contributed by atoms with Crippen LogP contribution >= 0.6 is 0 Å². The summed E-state index contributed by atoms with van der Waals surface area (Å²) in [7, 11) is 0. The number of halogens is 1. The molecule has 1 aromatic rings. The summed E-state index contributed by atoms with van der Waals surface area (Å²) in [6.07, 6.45) is 0.527. The maximum atomic E-state index is 12.6. The van der Waals surface area contributed by atoms with E-state index in [1.54, 1.807) is 17.0 Å². The van der Waals surface area contributed by atoms with Crippen molar-refractivity contribution in [2.24, 2.45) is 0 Å². The fraction of sp³-hybridized carbons (Fsp3) is 0.417. The van der Waals surface area contributed by atoms with Crippen molar-refractivity contribution in [3.05, 3.63) is 35.6 Å². The lowest BCUT2D eigenvalue weighted by Crippen LogP contribution is -2.30. The van der Waals surface area contributed by atoms with Crippen molar-refractivity contribution in [3.8, 4) is 0 Å². The third-order valence-electron chi connectivity index (χ3n) is 2.78. The highest BCUT2D eigenvalue weighted by molar-refractivity contribution is 5.79. The van der Waals surface area contributed by atoms with Crippen molar-refractivity contribution in [2.45, 2.75) is 18.9 Å². The summed E-state index contributed by atoms with van der Waals surface area (Å²) in [5.74, 6) is -0.309. The molecule has 2 rings (SSSR count). The average Bonchev–Trinajstić information content (AvgIpc) is 2.68. The molecule has 1 aliphatic heterocycles. The van der Waals surface area contributed by atoms with Crippen molar-refractivity contribution >= 4 is 5.91 Å². The molecule has 3 nitrogen and oxygen atoms in total. The van der Waals surface area contributed by atoms with Gasteiger partial charge >= 0.3 is 0 Å². The highest BCUT2D eigenvalue weighted by Crippen LogP contribution is 2.11. The van der Waals surface area contributed by atoms with Gasteiger partial charge in [0, 0.05) is 13.1 Å². The normalized spacial score (nSPS) is 20.1. The molecule has 1 saturated heterocycles. The minimum Gasteiger partial charge on any atom is -0.391 e. The summed E-state index contributed by atoms with van der Waals surface area (Å²) in [4.78, 5) is 13.4. The zero-order valence-electron chi connectivity index (χ0n) is 8.90. The highest BCUT2D eigenvalue weighted by atomic mass is 19.1. The number of aliphatic hydroxyl groups excluding tert-OH is 1. The zero-order valence-corrected chi connectivity index (χ0v) is 8.90. The maximum Gasteiger partial charge on any atom is 0.227 e. The topological polar surface area (TPSA) is 40.5 Å². The largest absolute Gasteiger partial charge is 0.391 e. The Bertz CT molecular complexity index is 377. The van der Waals surface area contributed by atoms with Crippen LogP contribution in [0.2, 0.25) is 0 Å². The van der Waals surface area contributed by atoms with Crippen LogP contribution in [0.5, 0.6) is 0 Å². The molecule has 86 valence electrons. The van der Waals surface area contributed by atoms with Crippen LogP contribution in [0.3, 0.4) is 0 Å². The Morgan fingerprint density at radius 2 is 2.12 bits per heavy atom. The minimum atomic E-state index is -0.392. The molecule has 1 fully saturated rings. The summed E-state index contributed by atoms with van der Waals surface area (Å²) in [6.45, 7) is 1.03. The lowest BCUT2D eigenvalue weighted by Gasteiger charge is -2.15. The second-order valence-corrected chi connectivity index (χ2v) is 4.09. The molecule has 0 bridgehead atoms. The first-order valence-corrected chi connectivity index (χ1v) is 5.35. The monoisotopic (exact) mass is 223 g/mol. The van der Waals surface area contributed by atoms with Crippen LogP contribution in [0.15, 0.2) is 24.3 Å². The van der Waals surface area contributed by atoms with Gasteiger partial charge in [0.25, 0.3) is 0 Å². The van der Waals surface area contributed by atoms with Gasteiger partial charge in [0.05, 0.1) is 12.5 Å². The first-order chi connectivity index (χ1) is 7.65. The van der Waals surface area contributed by atoms with E-state index in [1.807, 2.05) is 0 Å². The van der Waals surface area contributed by atoms with Crippen molar-refractivity contribution < 1.29 is 14.3 Å². The predicted octanol–water partition coefficient (Wildman–Crippen LogP) is 0.961. The van der Waals surface area contributed by atoms with Gasteiger partial charge in [-0.3, -0.25) is 4.79 Å². The smallest absolute Gasteiger partial charge is 0.227 e. The molecule has 0 spiro atoms. The molecule has 1 amide bonds. The van der Waals surface area contributed by atoms with Gasteiger partial charge in [0.1, 0.15) is 5.82 Å². The molecule has 0 radical (unpaired) electrons. The Morgan fingerprint density at radius 1 is 1.44 bits per heavy atom. The number of amides is 1. The van der Waals surface area contributed by atoms with E-state index in [2.05, 4.69) is 0 Å². The van der Waals surface area contributed by atoms with E-state index in [9.17, 15) is 14.3 Å². The van der Waals surface area contributed by atoms with E-state index in [0.717, 1.165) is 5.56 Å². The maximum absolute atomic E-state index is 12.6. The van der Waals surface area contributed by atoms with Crippen LogP contribution in [0.4, 0.5) is 4.39 Å². The molecule has 4 heteroatoms. The Morgan fingerprint density at radius 3 is 2.69 bits per heavy atom. The summed E-state index contributed by atoms with van der Waals surface area (Å²) >= 11 is 0. The molecule has 0 saturated carbocycles. The van der Waals surface area contributed by atoms with Gasteiger partial charge in [-0.2, -0.15) is 0 Å². The fourth-order valence-electron chi connectivity index (χ4n) is 1.86. The second kappa shape index (κ2) is 4.61. The third kappa shape index (κ3) is 2.58. The molecular weight excluding hydrogens is 209 g/mol. The number of carbonyl (C=O) groups is 1. The van der Waals surface area contributed by atoms with Crippen LogP contribution in [0, 0.1) is 5.82 Å². The van der Waals surface area contributed by atoms with Crippen LogP contribution in [-0.2, 0) is 11.2 Å². The average molecular weight is 223 g/mol. The Hall–Kier alpha value is -1.42. The van der Waals surface area contributed by atoms with Crippen molar-refractivity contribution in [1.82, 2.24) is 4.90 Å². The number of likely N-dealkylation sites (tertiary alicyclic amines) is 1. The number of benzene rings is 1. The number of carbonyl (C=O) groups excluding carboxylic acids is 1. The van der Waals surface area contributed by atoms with E-state index in [0.29, 0.717) is 19.5 Å². The standard InChI is InChI=1S/C12H14FNO2/c13-10-3-1-9(2-4-10)7-12(16)14-6-5-11(15)8-14/h1-4,11,15H,5-8H2. The SMILES string of the molecule is O=C(Cc1ccc(F)cc1)N1CCC(O)C1. The molecule has 1 heterocycles. The van der Waals surface area contributed by atoms with Crippen LogP contribution in [-0.4, -0.2) is 35.1 Å². The third-order valence-corrected chi connectivity index (χ3v) is 2.78. The zero-order chi connectivity index (χ0) is 11.5. The fourth-order valence-corrected chi connectivity index (χ4v) is 1.86. The van der Waals surface area contributed by atoms with Crippen molar-refractivity contribution in [3.63, 3.8) is 0 Å². The van der Waals surface area contributed by atoms with Crippen LogP contribution in [0.25, 0.3) is 0 Å². The Labute approximate surface area is 93.5 Å². The number of hydrogen-bond acceptors (Lipinski definition) is 2. The summed E-state index contributed by atoms with van der Waals surface area (Å²) in [5.41, 5.74) is 0.799. The molecule has 16 heavy (non-hydrogen) atoms. The molecule has 1 aromatic carbocycles. The Kier molecular flexibility index (Phi) is 3.19. The number of β-amino-alcohol motifs (C(OH)–C–C–N with tert-alkyl or cyclic N) is 1. The quantitative estimate of drug-likeness (QED) is 0.811. The van der Waals surface area contributed by atoms with Gasteiger partial charge in [-0.25, -0.2) is 4.39 Å². The van der Waals surface area contributed by atoms with E-state index in [1.165, 1.54) is 12.1 Å². The first-order valence-electron chi connectivity index (χ1n) is 5.35. The molecule has 1 aliphatic rings. The van der Waals surface area contributed by atoms with Crippen LogP contribution < -0.4 is 0 Å². The molecular formula is C12H14FNO2. The molecule has 0 aliphatic carbocycles. The number of aliphatic hydroxyl groups is 1. The van der Waals surface area contributed by atoms with Gasteiger partial charge in [-0.15, -0.1) is 0 Å². The first kappa shape index (κ1) is 11.1. The molecule has 1 atom stereocenters. The molecule has 1 N–H and O–H groups in total. The van der Waals surface area contributed by atoms with Gasteiger partial charge in [0.15, 0.2) is 0 Å². The summed E-state index contributed by atoms with van der Waals surface area (Å²) in [5, 5.41) is 9.31. The molecule has 1 unspecified atom stereocenters. The number of hydrogen-bond donors (Lipinski definition) is 1. The van der Waals surface area contributed by atoms with Crippen LogP contribution in [0.1, 0.15) is 12.0 Å². The van der Waals surface area contributed by atoms with E-state index >= 15 is 0 Å². The lowest BCUT2D eigenvalue weighted by atomic mass is 10.1. The lowest BCUT2D eigenvalue weighted by molar-refractivity contribution is -0.129. The van der Waals surface area contributed by atoms with Crippen molar-refractivity contribution in [1.29, 1.82) is 0 Å². The van der Waals surface area contributed by atoms with Gasteiger partial charge in [0.2, 0.25) is 5.91 Å². The Balaban J connectivity index is 1.94. The molecule has 0 aromatic heterocycles. The minimum absolute atomic E-state index is 0.0110. The van der Waals surface area contributed by atoms with Gasteiger partial charge in [-0.05, 0) is 24.1 Å². The number of rotatable bonds is 2. The number of nitrogens with zero attached hydrogens (tertiary/aromatic N) is 1. The highest BCUT2D eigenvalue weighted by Gasteiger charge is 2.24. The van der Waals surface area contributed by atoms with E-state index in [-0.39, 0.29) is 18.1 Å². The van der Waals surface area contributed by atoms with Crippen molar-refractivity contribution in [2.75, 3.05) is 13.1 Å². The summed E-state index contributed by atoms with van der Waals surface area (Å²) in [6, 6.07) is 5.92. The predicted molar refractivity (Wildman–Crippen MR) is 57.3 cm³/mol.